The van der Waals surface area contributed by atoms with Crippen molar-refractivity contribution < 1.29 is 18.3 Å². The van der Waals surface area contributed by atoms with Crippen molar-refractivity contribution in [3.8, 4) is 17.0 Å². The van der Waals surface area contributed by atoms with Gasteiger partial charge in [-0.15, -0.1) is 10.2 Å². The largest absolute Gasteiger partial charge is 0.507 e. The third-order valence-electron chi connectivity index (χ3n) is 5.42. The van der Waals surface area contributed by atoms with Crippen LogP contribution in [0, 0.1) is 12.8 Å². The summed E-state index contributed by atoms with van der Waals surface area (Å²) in [6.07, 6.45) is -2.29. The van der Waals surface area contributed by atoms with Crippen molar-refractivity contribution >= 4 is 5.95 Å². The van der Waals surface area contributed by atoms with Crippen molar-refractivity contribution in [1.82, 2.24) is 20.5 Å². The molecule has 0 spiro atoms. The lowest BCUT2D eigenvalue weighted by Crippen LogP contribution is -2.46. The number of benzene rings is 1. The van der Waals surface area contributed by atoms with Gasteiger partial charge in [0.2, 0.25) is 5.95 Å². The van der Waals surface area contributed by atoms with Crippen LogP contribution in [0.15, 0.2) is 18.2 Å². The molecule has 3 heterocycles. The first-order chi connectivity index (χ1) is 12.8. The van der Waals surface area contributed by atoms with Gasteiger partial charge in [-0.25, -0.2) is 4.98 Å². The zero-order chi connectivity index (χ0) is 19.2. The molecule has 0 amide bonds. The van der Waals surface area contributed by atoms with Gasteiger partial charge in [-0.1, -0.05) is 0 Å². The molecule has 0 aliphatic carbocycles. The molecule has 2 fully saturated rings. The molecule has 2 unspecified atom stereocenters. The molecular formula is C18H20F3N5O. The Labute approximate surface area is 154 Å². The quantitative estimate of drug-likeness (QED) is 0.836. The first-order valence-electron chi connectivity index (χ1n) is 8.94. The van der Waals surface area contributed by atoms with Crippen LogP contribution in [0.2, 0.25) is 0 Å². The highest BCUT2D eigenvalue weighted by molar-refractivity contribution is 5.69. The first-order valence-corrected chi connectivity index (χ1v) is 8.94. The summed E-state index contributed by atoms with van der Waals surface area (Å²) in [5.41, 5.74) is 0.0716. The molecule has 9 heteroatoms. The molecule has 2 saturated heterocycles. The second-order valence-electron chi connectivity index (χ2n) is 7.08. The Hall–Kier alpha value is -2.42. The van der Waals surface area contributed by atoms with Gasteiger partial charge in [0, 0.05) is 24.7 Å². The number of phenolic OH excluding ortho intramolecular Hbond substituents is 1. The fourth-order valence-corrected chi connectivity index (χ4v) is 3.99. The van der Waals surface area contributed by atoms with Gasteiger partial charge in [0.05, 0.1) is 11.3 Å². The molecule has 6 nitrogen and oxygen atoms in total. The third-order valence-corrected chi connectivity index (χ3v) is 5.42. The molecule has 0 bridgehead atoms. The number of halogens is 3. The van der Waals surface area contributed by atoms with E-state index in [0.29, 0.717) is 29.7 Å². The van der Waals surface area contributed by atoms with Gasteiger partial charge in [-0.2, -0.15) is 13.2 Å². The molecule has 144 valence electrons. The van der Waals surface area contributed by atoms with Crippen molar-refractivity contribution in [2.24, 2.45) is 5.92 Å². The molecule has 2 aliphatic rings. The van der Waals surface area contributed by atoms with E-state index >= 15 is 0 Å². The standard InChI is InChI=1S/C18H20F3N5O/c1-10-16(13-3-2-12(8-15(13)27)18(19,20)21)24-25-17(23-10)26-7-5-11-4-6-22-9-14(11)26/h2-3,8,11,14,22,27H,4-7,9H2,1H3. The summed E-state index contributed by atoms with van der Waals surface area (Å²) in [6, 6.07) is 3.16. The Morgan fingerprint density at radius 1 is 1.22 bits per heavy atom. The highest BCUT2D eigenvalue weighted by atomic mass is 19.4. The van der Waals surface area contributed by atoms with Gasteiger partial charge >= 0.3 is 6.18 Å². The fraction of sp³-hybridized carbons (Fsp3) is 0.500. The molecule has 1 aromatic carbocycles. The molecular weight excluding hydrogens is 359 g/mol. The van der Waals surface area contributed by atoms with Crippen LogP contribution in [-0.4, -0.2) is 46.0 Å². The van der Waals surface area contributed by atoms with Gasteiger partial charge in [0.25, 0.3) is 0 Å². The molecule has 2 atom stereocenters. The van der Waals surface area contributed by atoms with Crippen LogP contribution < -0.4 is 10.2 Å². The number of phenols is 1. The van der Waals surface area contributed by atoms with Gasteiger partial charge in [-0.3, -0.25) is 0 Å². The van der Waals surface area contributed by atoms with E-state index in [2.05, 4.69) is 25.4 Å². The number of fused-ring (bicyclic) bond motifs is 1. The molecule has 2 aromatic rings. The maximum absolute atomic E-state index is 12.8. The third kappa shape index (κ3) is 3.31. The van der Waals surface area contributed by atoms with E-state index < -0.39 is 17.5 Å². The number of aromatic nitrogens is 3. The normalized spacial score (nSPS) is 22.7. The number of anilines is 1. The second-order valence-corrected chi connectivity index (χ2v) is 7.08. The van der Waals surface area contributed by atoms with E-state index in [1.165, 1.54) is 6.07 Å². The van der Waals surface area contributed by atoms with Crippen molar-refractivity contribution in [2.45, 2.75) is 32.0 Å². The van der Waals surface area contributed by atoms with Crippen LogP contribution in [0.3, 0.4) is 0 Å². The summed E-state index contributed by atoms with van der Waals surface area (Å²) < 4.78 is 38.3. The van der Waals surface area contributed by atoms with Crippen LogP contribution in [0.4, 0.5) is 19.1 Å². The Bertz CT molecular complexity index is 857. The maximum atomic E-state index is 12.8. The average Bonchev–Trinajstić information content (AvgIpc) is 3.05. The van der Waals surface area contributed by atoms with Crippen LogP contribution in [0.1, 0.15) is 24.1 Å². The highest BCUT2D eigenvalue weighted by Crippen LogP contribution is 2.37. The Morgan fingerprint density at radius 3 is 2.74 bits per heavy atom. The first kappa shape index (κ1) is 18.0. The number of rotatable bonds is 2. The topological polar surface area (TPSA) is 74.2 Å². The van der Waals surface area contributed by atoms with E-state index in [0.717, 1.165) is 38.5 Å². The SMILES string of the molecule is Cc1nc(N2CCC3CCNCC32)nnc1-c1ccc(C(F)(F)F)cc1O. The lowest BCUT2D eigenvalue weighted by molar-refractivity contribution is -0.137. The van der Waals surface area contributed by atoms with Crippen molar-refractivity contribution in [2.75, 3.05) is 24.5 Å². The summed E-state index contributed by atoms with van der Waals surface area (Å²) >= 11 is 0. The summed E-state index contributed by atoms with van der Waals surface area (Å²) in [7, 11) is 0. The average molecular weight is 379 g/mol. The van der Waals surface area contributed by atoms with Crippen molar-refractivity contribution in [1.29, 1.82) is 0 Å². The predicted octanol–water partition coefficient (Wildman–Crippen LogP) is 2.76. The zero-order valence-corrected chi connectivity index (χ0v) is 14.8. The molecule has 4 rings (SSSR count). The number of nitrogens with zero attached hydrogens (tertiary/aromatic N) is 4. The van der Waals surface area contributed by atoms with E-state index in [9.17, 15) is 18.3 Å². The smallest absolute Gasteiger partial charge is 0.416 e. The minimum Gasteiger partial charge on any atom is -0.507 e. The molecule has 2 aliphatic heterocycles. The monoisotopic (exact) mass is 379 g/mol. The van der Waals surface area contributed by atoms with Gasteiger partial charge in [0.15, 0.2) is 0 Å². The van der Waals surface area contributed by atoms with E-state index in [1.54, 1.807) is 6.92 Å². The Balaban J connectivity index is 1.63. The zero-order valence-electron chi connectivity index (χ0n) is 14.8. The molecule has 0 radical (unpaired) electrons. The van der Waals surface area contributed by atoms with Crippen LogP contribution in [0.25, 0.3) is 11.3 Å². The maximum Gasteiger partial charge on any atom is 0.416 e. The van der Waals surface area contributed by atoms with Crippen LogP contribution >= 0.6 is 0 Å². The number of nitrogens with one attached hydrogen (secondary N) is 1. The summed E-state index contributed by atoms with van der Waals surface area (Å²) in [5.74, 6) is 0.655. The van der Waals surface area contributed by atoms with Crippen LogP contribution in [-0.2, 0) is 6.18 Å². The molecule has 1 aromatic heterocycles. The summed E-state index contributed by atoms with van der Waals surface area (Å²) in [5, 5.41) is 21.8. The predicted molar refractivity (Wildman–Crippen MR) is 93.4 cm³/mol. The number of alkyl halides is 3. The molecule has 2 N–H and O–H groups in total. The number of aryl methyl sites for hydroxylation is 1. The van der Waals surface area contributed by atoms with Crippen molar-refractivity contribution in [3.63, 3.8) is 0 Å². The minimum atomic E-state index is -4.51. The Morgan fingerprint density at radius 2 is 2.04 bits per heavy atom. The molecule has 0 saturated carbocycles. The minimum absolute atomic E-state index is 0.186. The fourth-order valence-electron chi connectivity index (χ4n) is 3.99. The highest BCUT2D eigenvalue weighted by Gasteiger charge is 2.37. The van der Waals surface area contributed by atoms with E-state index in [4.69, 9.17) is 0 Å². The lowest BCUT2D eigenvalue weighted by Gasteiger charge is -2.32. The second kappa shape index (κ2) is 6.63. The van der Waals surface area contributed by atoms with Crippen molar-refractivity contribution in [3.05, 3.63) is 29.5 Å². The number of aromatic hydroxyl groups is 1. The summed E-state index contributed by atoms with van der Waals surface area (Å²) in [4.78, 5) is 6.67. The van der Waals surface area contributed by atoms with E-state index in [-0.39, 0.29) is 11.3 Å². The van der Waals surface area contributed by atoms with E-state index in [1.807, 2.05) is 0 Å². The van der Waals surface area contributed by atoms with Gasteiger partial charge in [0.1, 0.15) is 11.4 Å². The Kier molecular flexibility index (Phi) is 4.41. The van der Waals surface area contributed by atoms with Gasteiger partial charge in [-0.05, 0) is 50.4 Å². The lowest BCUT2D eigenvalue weighted by atomic mass is 9.93. The molecule has 27 heavy (non-hydrogen) atoms. The van der Waals surface area contributed by atoms with Crippen LogP contribution in [0.5, 0.6) is 5.75 Å². The number of piperidine rings is 1. The number of hydrogen-bond acceptors (Lipinski definition) is 6. The summed E-state index contributed by atoms with van der Waals surface area (Å²) in [6.45, 7) is 4.49. The number of hydrogen-bond donors (Lipinski definition) is 2. The van der Waals surface area contributed by atoms with Gasteiger partial charge < -0.3 is 15.3 Å².